The predicted molar refractivity (Wildman–Crippen MR) is 81.2 cm³/mol. The fourth-order valence-corrected chi connectivity index (χ4v) is 4.62. The van der Waals surface area contributed by atoms with Crippen LogP contribution in [-0.4, -0.2) is 48.7 Å². The Balaban J connectivity index is 1.99. The molecule has 3 rings (SSSR count). The van der Waals surface area contributed by atoms with Crippen molar-refractivity contribution in [2.45, 2.75) is 64.5 Å². The molecule has 22 heavy (non-hydrogen) atoms. The SMILES string of the molecule is COC[C@]1(C)CC[C@]2(OC(=O)C3CCCCN3C2=O)C1(C)C. The zero-order valence-corrected chi connectivity index (χ0v) is 14.1. The molecule has 1 spiro atoms. The first kappa shape index (κ1) is 15.8. The summed E-state index contributed by atoms with van der Waals surface area (Å²) in [6.07, 6.45) is 4.11. The number of piperidine rings is 1. The number of carbonyl (C=O) groups is 2. The van der Waals surface area contributed by atoms with Crippen molar-refractivity contribution in [3.05, 3.63) is 0 Å². The second kappa shape index (κ2) is 4.95. The molecule has 3 atom stereocenters. The summed E-state index contributed by atoms with van der Waals surface area (Å²) in [5.41, 5.74) is -1.66. The quantitative estimate of drug-likeness (QED) is 0.733. The van der Waals surface area contributed by atoms with E-state index < -0.39 is 11.0 Å². The van der Waals surface area contributed by atoms with Crippen molar-refractivity contribution in [1.82, 2.24) is 4.90 Å². The van der Waals surface area contributed by atoms with Crippen LogP contribution in [0.4, 0.5) is 0 Å². The normalized spacial score (nSPS) is 40.7. The molecule has 124 valence electrons. The third-order valence-electron chi connectivity index (χ3n) is 6.67. The van der Waals surface area contributed by atoms with Crippen LogP contribution in [-0.2, 0) is 19.1 Å². The fourth-order valence-electron chi connectivity index (χ4n) is 4.62. The fraction of sp³-hybridized carbons (Fsp3) is 0.882. The summed E-state index contributed by atoms with van der Waals surface area (Å²) >= 11 is 0. The molecule has 2 saturated heterocycles. The lowest BCUT2D eigenvalue weighted by Gasteiger charge is -2.52. The van der Waals surface area contributed by atoms with Gasteiger partial charge in [-0.05, 0) is 32.1 Å². The highest BCUT2D eigenvalue weighted by Crippen LogP contribution is 2.61. The number of fused-ring (bicyclic) bond motifs is 1. The van der Waals surface area contributed by atoms with E-state index in [-0.39, 0.29) is 23.3 Å². The molecule has 0 aromatic carbocycles. The van der Waals surface area contributed by atoms with Crippen LogP contribution >= 0.6 is 0 Å². The van der Waals surface area contributed by atoms with Gasteiger partial charge in [-0.25, -0.2) is 4.79 Å². The Labute approximate surface area is 132 Å². The van der Waals surface area contributed by atoms with Crippen molar-refractivity contribution in [2.24, 2.45) is 10.8 Å². The molecule has 0 N–H and O–H groups in total. The van der Waals surface area contributed by atoms with Crippen molar-refractivity contribution in [3.63, 3.8) is 0 Å². The Hall–Kier alpha value is -1.10. The molecular weight excluding hydrogens is 282 g/mol. The van der Waals surface area contributed by atoms with E-state index in [0.717, 1.165) is 25.7 Å². The molecule has 1 unspecified atom stereocenters. The van der Waals surface area contributed by atoms with Crippen LogP contribution < -0.4 is 0 Å². The highest BCUT2D eigenvalue weighted by molar-refractivity contribution is 5.96. The van der Waals surface area contributed by atoms with Crippen LogP contribution in [0, 0.1) is 10.8 Å². The molecule has 5 nitrogen and oxygen atoms in total. The molecule has 0 aromatic rings. The lowest BCUT2D eigenvalue weighted by Crippen LogP contribution is -2.68. The van der Waals surface area contributed by atoms with E-state index in [9.17, 15) is 9.59 Å². The van der Waals surface area contributed by atoms with Gasteiger partial charge in [0.2, 0.25) is 0 Å². The zero-order valence-electron chi connectivity index (χ0n) is 14.1. The van der Waals surface area contributed by atoms with Gasteiger partial charge in [-0.3, -0.25) is 4.79 Å². The largest absolute Gasteiger partial charge is 0.447 e. The second-order valence-corrected chi connectivity index (χ2v) is 7.88. The number of hydrogen-bond acceptors (Lipinski definition) is 4. The number of esters is 1. The zero-order chi connectivity index (χ0) is 16.2. The predicted octanol–water partition coefficient (Wildman–Crippen LogP) is 2.14. The second-order valence-electron chi connectivity index (χ2n) is 7.88. The van der Waals surface area contributed by atoms with E-state index in [0.29, 0.717) is 19.6 Å². The Morgan fingerprint density at radius 2 is 1.95 bits per heavy atom. The van der Waals surface area contributed by atoms with Gasteiger partial charge in [-0.2, -0.15) is 0 Å². The molecule has 0 aromatic heterocycles. The molecule has 1 amide bonds. The third kappa shape index (κ3) is 1.81. The third-order valence-corrected chi connectivity index (χ3v) is 6.67. The summed E-state index contributed by atoms with van der Waals surface area (Å²) in [6.45, 7) is 7.48. The summed E-state index contributed by atoms with van der Waals surface area (Å²) in [5.74, 6) is -0.198. The van der Waals surface area contributed by atoms with Gasteiger partial charge in [0, 0.05) is 24.5 Å². The number of rotatable bonds is 2. The van der Waals surface area contributed by atoms with E-state index in [4.69, 9.17) is 9.47 Å². The first-order chi connectivity index (χ1) is 10.3. The molecule has 0 radical (unpaired) electrons. The summed E-state index contributed by atoms with van der Waals surface area (Å²) < 4.78 is 11.3. The van der Waals surface area contributed by atoms with Gasteiger partial charge in [-0.1, -0.05) is 20.8 Å². The first-order valence-electron chi connectivity index (χ1n) is 8.32. The summed E-state index contributed by atoms with van der Waals surface area (Å²) in [6, 6.07) is -0.364. The minimum absolute atomic E-state index is 0.0154. The number of methoxy groups -OCH3 is 1. The molecular formula is C17H27NO4. The molecule has 3 fully saturated rings. The standard InChI is InChI=1S/C17H27NO4/c1-15(2)16(3,11-21-4)8-9-17(15)14(20)18-10-6-5-7-12(18)13(19)22-17/h12H,5-11H2,1-4H3/t12?,16-,17+/m0/s1. The van der Waals surface area contributed by atoms with Crippen LogP contribution in [0.25, 0.3) is 0 Å². The van der Waals surface area contributed by atoms with Gasteiger partial charge < -0.3 is 14.4 Å². The number of nitrogens with zero attached hydrogens (tertiary/aromatic N) is 1. The van der Waals surface area contributed by atoms with Crippen LogP contribution in [0.1, 0.15) is 52.9 Å². The smallest absolute Gasteiger partial charge is 0.329 e. The molecule has 3 aliphatic rings. The van der Waals surface area contributed by atoms with Gasteiger partial charge in [-0.15, -0.1) is 0 Å². The van der Waals surface area contributed by atoms with Crippen LogP contribution in [0.5, 0.6) is 0 Å². The van der Waals surface area contributed by atoms with Crippen LogP contribution in [0.2, 0.25) is 0 Å². The highest BCUT2D eigenvalue weighted by atomic mass is 16.6. The molecule has 0 bridgehead atoms. The molecule has 2 aliphatic heterocycles. The Kier molecular flexibility index (Phi) is 3.55. The number of morpholine rings is 1. The van der Waals surface area contributed by atoms with E-state index in [2.05, 4.69) is 20.8 Å². The molecule has 1 aliphatic carbocycles. The highest BCUT2D eigenvalue weighted by Gasteiger charge is 2.70. The monoisotopic (exact) mass is 309 g/mol. The van der Waals surface area contributed by atoms with Gasteiger partial charge in [0.1, 0.15) is 6.04 Å². The van der Waals surface area contributed by atoms with E-state index in [1.54, 1.807) is 12.0 Å². The Morgan fingerprint density at radius 3 is 2.64 bits per heavy atom. The van der Waals surface area contributed by atoms with Crippen molar-refractivity contribution in [1.29, 1.82) is 0 Å². The maximum Gasteiger partial charge on any atom is 0.329 e. The number of ether oxygens (including phenoxy) is 2. The topological polar surface area (TPSA) is 55.8 Å². The van der Waals surface area contributed by atoms with Crippen molar-refractivity contribution in [3.8, 4) is 0 Å². The molecule has 5 heteroatoms. The van der Waals surface area contributed by atoms with Gasteiger partial charge in [0.05, 0.1) is 6.61 Å². The minimum Gasteiger partial charge on any atom is -0.447 e. The van der Waals surface area contributed by atoms with E-state index in [1.165, 1.54) is 0 Å². The lowest BCUT2D eigenvalue weighted by molar-refractivity contribution is -0.213. The van der Waals surface area contributed by atoms with Crippen molar-refractivity contribution in [2.75, 3.05) is 20.3 Å². The van der Waals surface area contributed by atoms with Crippen LogP contribution in [0.3, 0.4) is 0 Å². The summed E-state index contributed by atoms with van der Waals surface area (Å²) in [4.78, 5) is 27.6. The first-order valence-corrected chi connectivity index (χ1v) is 8.32. The van der Waals surface area contributed by atoms with E-state index in [1.807, 2.05) is 0 Å². The maximum atomic E-state index is 13.2. The minimum atomic E-state index is -1.02. The lowest BCUT2D eigenvalue weighted by atomic mass is 9.63. The van der Waals surface area contributed by atoms with E-state index >= 15 is 0 Å². The number of hydrogen-bond donors (Lipinski definition) is 0. The molecule has 2 heterocycles. The Morgan fingerprint density at radius 1 is 1.23 bits per heavy atom. The summed E-state index contributed by atoms with van der Waals surface area (Å²) in [7, 11) is 1.68. The summed E-state index contributed by atoms with van der Waals surface area (Å²) in [5, 5.41) is 0. The van der Waals surface area contributed by atoms with Gasteiger partial charge in [0.15, 0.2) is 5.60 Å². The van der Waals surface area contributed by atoms with Crippen molar-refractivity contribution >= 4 is 11.9 Å². The van der Waals surface area contributed by atoms with Gasteiger partial charge in [0.25, 0.3) is 5.91 Å². The Bertz CT molecular complexity index is 503. The average molecular weight is 309 g/mol. The number of amides is 1. The maximum absolute atomic E-state index is 13.2. The average Bonchev–Trinajstić information content (AvgIpc) is 2.67. The van der Waals surface area contributed by atoms with Gasteiger partial charge >= 0.3 is 5.97 Å². The van der Waals surface area contributed by atoms with Crippen LogP contribution in [0.15, 0.2) is 0 Å². The van der Waals surface area contributed by atoms with Crippen molar-refractivity contribution < 1.29 is 19.1 Å². The molecule has 1 saturated carbocycles. The number of carbonyl (C=O) groups excluding carboxylic acids is 2.